The first kappa shape index (κ1) is 12.7. The van der Waals surface area contributed by atoms with Crippen LogP contribution in [0.2, 0.25) is 0 Å². The average Bonchev–Trinajstić information content (AvgIpc) is 2.02. The van der Waals surface area contributed by atoms with E-state index in [2.05, 4.69) is 45.3 Å². The van der Waals surface area contributed by atoms with Crippen molar-refractivity contribution in [3.05, 3.63) is 0 Å². The molecule has 0 aromatic heterocycles. The zero-order valence-corrected chi connectivity index (χ0v) is 10.2. The molecule has 0 aliphatic carbocycles. The van der Waals surface area contributed by atoms with Crippen LogP contribution in [0.3, 0.4) is 0 Å². The molecule has 0 bridgehead atoms. The molecule has 0 aromatic carbocycles. The maximum absolute atomic E-state index is 5.19. The van der Waals surface area contributed by atoms with Gasteiger partial charge >= 0.3 is 0 Å². The average molecular weight is 202 g/mol. The molecule has 0 aromatic rings. The normalized spacial score (nSPS) is 11.5. The lowest BCUT2D eigenvalue weighted by Gasteiger charge is -2.30. The summed E-state index contributed by atoms with van der Waals surface area (Å²) in [7, 11) is 0. The van der Waals surface area contributed by atoms with Crippen LogP contribution in [0.25, 0.3) is 0 Å². The van der Waals surface area contributed by atoms with Crippen LogP contribution in [0.15, 0.2) is 0 Å². The first-order valence-corrected chi connectivity index (χ1v) is 5.43. The van der Waals surface area contributed by atoms with Gasteiger partial charge in [0.1, 0.15) is 0 Å². The van der Waals surface area contributed by atoms with Gasteiger partial charge in [-0.25, -0.2) is 0 Å². The Balaban J connectivity index is 4.02. The zero-order chi connectivity index (χ0) is 10.5. The molecular weight excluding hydrogens is 180 g/mol. The Morgan fingerprint density at radius 3 is 2.08 bits per heavy atom. The van der Waals surface area contributed by atoms with Crippen molar-refractivity contribution >= 4 is 17.3 Å². The van der Waals surface area contributed by atoms with Crippen LogP contribution in [-0.4, -0.2) is 16.7 Å². The van der Waals surface area contributed by atoms with Gasteiger partial charge in [0.15, 0.2) is 5.11 Å². The molecule has 0 atom stereocenters. The van der Waals surface area contributed by atoms with E-state index in [1.807, 2.05) is 0 Å². The van der Waals surface area contributed by atoms with Crippen LogP contribution in [0.5, 0.6) is 0 Å². The number of nitrogens with one attached hydrogen (secondary N) is 2. The Hall–Kier alpha value is -0.310. The highest BCUT2D eigenvalue weighted by Crippen LogP contribution is 2.12. The lowest BCUT2D eigenvalue weighted by Crippen LogP contribution is -2.50. The summed E-state index contributed by atoms with van der Waals surface area (Å²) >= 11 is 5.19. The third-order valence-electron chi connectivity index (χ3n) is 2.40. The topological polar surface area (TPSA) is 24.1 Å². The number of thiocarbonyl (C=S) groups is 1. The molecule has 0 saturated carbocycles. The minimum absolute atomic E-state index is 0.138. The molecule has 0 spiro atoms. The Morgan fingerprint density at radius 1 is 1.31 bits per heavy atom. The summed E-state index contributed by atoms with van der Waals surface area (Å²) in [5, 5.41) is 7.30. The molecule has 0 aliphatic rings. The second-order valence-electron chi connectivity index (χ2n) is 4.02. The van der Waals surface area contributed by atoms with E-state index in [-0.39, 0.29) is 5.54 Å². The van der Waals surface area contributed by atoms with Crippen LogP contribution in [0.1, 0.15) is 47.5 Å². The zero-order valence-electron chi connectivity index (χ0n) is 9.40. The fourth-order valence-electron chi connectivity index (χ4n) is 0.999. The van der Waals surface area contributed by atoms with E-state index in [0.29, 0.717) is 6.04 Å². The summed E-state index contributed by atoms with van der Waals surface area (Å²) in [6.07, 6.45) is 2.17. The fraction of sp³-hybridized carbons (Fsp3) is 0.900. The molecule has 0 unspecified atom stereocenters. The predicted molar refractivity (Wildman–Crippen MR) is 63.0 cm³/mol. The van der Waals surface area contributed by atoms with Crippen molar-refractivity contribution in [2.75, 3.05) is 0 Å². The van der Waals surface area contributed by atoms with Crippen molar-refractivity contribution in [2.24, 2.45) is 0 Å². The van der Waals surface area contributed by atoms with Gasteiger partial charge in [0.25, 0.3) is 0 Å². The fourth-order valence-corrected chi connectivity index (χ4v) is 1.48. The van der Waals surface area contributed by atoms with Gasteiger partial charge in [-0.2, -0.15) is 0 Å². The van der Waals surface area contributed by atoms with Gasteiger partial charge in [0, 0.05) is 11.6 Å². The molecule has 0 amide bonds. The molecule has 0 heterocycles. The summed E-state index contributed by atoms with van der Waals surface area (Å²) in [5.74, 6) is 0. The Bertz CT molecular complexity index is 162. The summed E-state index contributed by atoms with van der Waals surface area (Å²) < 4.78 is 0. The predicted octanol–water partition coefficient (Wildman–Crippen LogP) is 2.44. The van der Waals surface area contributed by atoms with Gasteiger partial charge in [-0.1, -0.05) is 13.8 Å². The van der Waals surface area contributed by atoms with Crippen LogP contribution in [0, 0.1) is 0 Å². The summed E-state index contributed by atoms with van der Waals surface area (Å²) in [5.41, 5.74) is 0.138. The van der Waals surface area contributed by atoms with Crippen molar-refractivity contribution < 1.29 is 0 Å². The Labute approximate surface area is 87.5 Å². The van der Waals surface area contributed by atoms with Crippen molar-refractivity contribution in [1.29, 1.82) is 0 Å². The number of rotatable bonds is 4. The highest BCUT2D eigenvalue weighted by molar-refractivity contribution is 7.80. The maximum atomic E-state index is 5.19. The van der Waals surface area contributed by atoms with Crippen LogP contribution in [-0.2, 0) is 0 Å². The van der Waals surface area contributed by atoms with Crippen LogP contribution >= 0.6 is 12.2 Å². The van der Waals surface area contributed by atoms with E-state index in [9.17, 15) is 0 Å². The number of hydrogen-bond acceptors (Lipinski definition) is 1. The monoisotopic (exact) mass is 202 g/mol. The minimum Gasteiger partial charge on any atom is -0.361 e. The molecule has 2 nitrogen and oxygen atoms in total. The largest absolute Gasteiger partial charge is 0.361 e. The molecular formula is C10H22N2S. The lowest BCUT2D eigenvalue weighted by molar-refractivity contribution is 0.385. The molecule has 0 fully saturated rings. The molecule has 0 rings (SSSR count). The van der Waals surface area contributed by atoms with Gasteiger partial charge in [-0.3, -0.25) is 0 Å². The lowest BCUT2D eigenvalue weighted by atomic mass is 9.96. The van der Waals surface area contributed by atoms with Crippen LogP contribution < -0.4 is 10.6 Å². The molecule has 0 aliphatic heterocycles. The smallest absolute Gasteiger partial charge is 0.166 e. The van der Waals surface area contributed by atoms with Crippen molar-refractivity contribution in [3.63, 3.8) is 0 Å². The summed E-state index contributed by atoms with van der Waals surface area (Å²) in [6.45, 7) is 10.7. The molecule has 0 saturated heterocycles. The standard InChI is InChI=1S/C10H22N2S/c1-6-10(5,7-2)12-9(13)11-8(3)4/h8H,6-7H2,1-5H3,(H2,11,12,13). The van der Waals surface area contributed by atoms with E-state index in [0.717, 1.165) is 18.0 Å². The first-order chi connectivity index (χ1) is 5.93. The maximum Gasteiger partial charge on any atom is 0.166 e. The molecule has 13 heavy (non-hydrogen) atoms. The van der Waals surface area contributed by atoms with E-state index < -0.39 is 0 Å². The van der Waals surface area contributed by atoms with Crippen molar-refractivity contribution in [1.82, 2.24) is 10.6 Å². The van der Waals surface area contributed by atoms with Gasteiger partial charge < -0.3 is 10.6 Å². The van der Waals surface area contributed by atoms with E-state index in [1.54, 1.807) is 0 Å². The minimum atomic E-state index is 0.138. The second kappa shape index (κ2) is 5.43. The molecule has 3 heteroatoms. The van der Waals surface area contributed by atoms with Gasteiger partial charge in [0.2, 0.25) is 0 Å². The summed E-state index contributed by atoms with van der Waals surface area (Å²) in [6, 6.07) is 0.401. The van der Waals surface area contributed by atoms with Crippen molar-refractivity contribution in [2.45, 2.75) is 59.0 Å². The molecule has 0 radical (unpaired) electrons. The first-order valence-electron chi connectivity index (χ1n) is 5.02. The highest BCUT2D eigenvalue weighted by Gasteiger charge is 2.19. The Kier molecular flexibility index (Phi) is 5.30. The highest BCUT2D eigenvalue weighted by atomic mass is 32.1. The molecule has 78 valence electrons. The Morgan fingerprint density at radius 2 is 1.77 bits per heavy atom. The van der Waals surface area contributed by atoms with Crippen molar-refractivity contribution in [3.8, 4) is 0 Å². The van der Waals surface area contributed by atoms with E-state index in [1.165, 1.54) is 0 Å². The SMILES string of the molecule is CCC(C)(CC)NC(=S)NC(C)C. The number of hydrogen-bond donors (Lipinski definition) is 2. The van der Waals surface area contributed by atoms with Crippen LogP contribution in [0.4, 0.5) is 0 Å². The van der Waals surface area contributed by atoms with E-state index >= 15 is 0 Å². The summed E-state index contributed by atoms with van der Waals surface area (Å²) in [4.78, 5) is 0. The molecule has 2 N–H and O–H groups in total. The van der Waals surface area contributed by atoms with Gasteiger partial charge in [-0.15, -0.1) is 0 Å². The van der Waals surface area contributed by atoms with Gasteiger partial charge in [-0.05, 0) is 45.8 Å². The second-order valence-corrected chi connectivity index (χ2v) is 4.43. The van der Waals surface area contributed by atoms with E-state index in [4.69, 9.17) is 12.2 Å². The van der Waals surface area contributed by atoms with Gasteiger partial charge in [0.05, 0.1) is 0 Å². The third kappa shape index (κ3) is 5.09. The third-order valence-corrected chi connectivity index (χ3v) is 2.62. The quantitative estimate of drug-likeness (QED) is 0.685.